The minimum atomic E-state index is 0.561. The summed E-state index contributed by atoms with van der Waals surface area (Å²) in [6, 6.07) is 21.6. The van der Waals surface area contributed by atoms with Gasteiger partial charge in [-0.1, -0.05) is 42.1 Å². The van der Waals surface area contributed by atoms with Gasteiger partial charge in [-0.3, -0.25) is 4.57 Å². The minimum absolute atomic E-state index is 0.561. The lowest BCUT2D eigenvalue weighted by atomic mass is 10.2. The maximum Gasteiger partial charge on any atom is 0.200 e. The lowest BCUT2D eigenvalue weighted by Gasteiger charge is -2.10. The quantitative estimate of drug-likeness (QED) is 0.294. The average Bonchev–Trinajstić information content (AvgIpc) is 3.43. The number of benzene rings is 2. The van der Waals surface area contributed by atoms with Crippen LogP contribution in [-0.2, 0) is 6.54 Å². The van der Waals surface area contributed by atoms with Crippen molar-refractivity contribution in [1.29, 1.82) is 0 Å². The third-order valence-electron chi connectivity index (χ3n) is 4.28. The summed E-state index contributed by atoms with van der Waals surface area (Å²) >= 11 is 1.61. The molecule has 29 heavy (non-hydrogen) atoms. The molecule has 0 bridgehead atoms. The summed E-state index contributed by atoms with van der Waals surface area (Å²) in [6.07, 6.45) is 1.65. The second-order valence-electron chi connectivity index (χ2n) is 6.23. The number of furan rings is 1. The van der Waals surface area contributed by atoms with Crippen LogP contribution in [0.3, 0.4) is 0 Å². The van der Waals surface area contributed by atoms with Gasteiger partial charge in [-0.2, -0.15) is 0 Å². The normalized spacial score (nSPS) is 10.8. The zero-order valence-electron chi connectivity index (χ0n) is 16.0. The summed E-state index contributed by atoms with van der Waals surface area (Å²) in [5, 5.41) is 9.57. The number of aromatic nitrogens is 3. The van der Waals surface area contributed by atoms with E-state index in [1.54, 1.807) is 25.1 Å². The van der Waals surface area contributed by atoms with Gasteiger partial charge in [0, 0.05) is 5.75 Å². The Bertz CT molecular complexity index is 1020. The van der Waals surface area contributed by atoms with Gasteiger partial charge < -0.3 is 13.9 Å². The molecule has 0 aliphatic heterocycles. The topological polar surface area (TPSA) is 62.3 Å². The van der Waals surface area contributed by atoms with Crippen LogP contribution in [0.5, 0.6) is 11.5 Å². The van der Waals surface area contributed by atoms with Crippen molar-refractivity contribution < 1.29 is 13.9 Å². The first-order valence-corrected chi connectivity index (χ1v) is 10.2. The van der Waals surface area contributed by atoms with Crippen LogP contribution in [0.1, 0.15) is 5.56 Å². The van der Waals surface area contributed by atoms with Gasteiger partial charge in [0.05, 0.1) is 26.5 Å². The van der Waals surface area contributed by atoms with E-state index in [1.807, 2.05) is 54.6 Å². The summed E-state index contributed by atoms with van der Waals surface area (Å²) < 4.78 is 18.6. The van der Waals surface area contributed by atoms with Crippen LogP contribution in [0, 0.1) is 0 Å². The molecule has 4 aromatic rings. The number of hydrogen-bond acceptors (Lipinski definition) is 6. The number of thioether (sulfide) groups is 1. The molecule has 2 heterocycles. The Labute approximate surface area is 173 Å². The molecular weight excluding hydrogens is 386 g/mol. The van der Waals surface area contributed by atoms with Gasteiger partial charge >= 0.3 is 0 Å². The first-order chi connectivity index (χ1) is 14.3. The van der Waals surface area contributed by atoms with Crippen LogP contribution >= 0.6 is 11.8 Å². The molecule has 0 spiro atoms. The molecule has 0 unspecified atom stereocenters. The predicted octanol–water partition coefficient (Wildman–Crippen LogP) is 4.77. The van der Waals surface area contributed by atoms with Crippen molar-refractivity contribution >= 4 is 11.8 Å². The highest BCUT2D eigenvalue weighted by molar-refractivity contribution is 7.99. The first-order valence-electron chi connectivity index (χ1n) is 9.24. The van der Waals surface area contributed by atoms with E-state index in [2.05, 4.69) is 26.9 Å². The Hall–Kier alpha value is -3.19. The zero-order valence-corrected chi connectivity index (χ0v) is 16.8. The van der Waals surface area contributed by atoms with Crippen molar-refractivity contribution in [1.82, 2.24) is 14.8 Å². The van der Waals surface area contributed by atoms with Crippen LogP contribution in [0.15, 0.2) is 82.6 Å². The highest BCUT2D eigenvalue weighted by Crippen LogP contribution is 2.26. The minimum Gasteiger partial charge on any atom is -0.497 e. The maximum absolute atomic E-state index is 5.81. The molecule has 0 aliphatic rings. The maximum atomic E-state index is 5.81. The van der Waals surface area contributed by atoms with Gasteiger partial charge in [0.1, 0.15) is 11.5 Å². The molecule has 0 aliphatic carbocycles. The van der Waals surface area contributed by atoms with Gasteiger partial charge in [-0.15, -0.1) is 10.2 Å². The molecule has 7 heteroatoms. The van der Waals surface area contributed by atoms with Crippen LogP contribution in [0.4, 0.5) is 0 Å². The van der Waals surface area contributed by atoms with E-state index >= 15 is 0 Å². The fourth-order valence-corrected chi connectivity index (χ4v) is 3.61. The molecule has 0 saturated heterocycles. The molecule has 0 radical (unpaired) electrons. The molecule has 0 amide bonds. The second kappa shape index (κ2) is 9.34. The molecule has 0 fully saturated rings. The van der Waals surface area contributed by atoms with E-state index in [-0.39, 0.29) is 0 Å². The lowest BCUT2D eigenvalue weighted by molar-refractivity contribution is 0.342. The van der Waals surface area contributed by atoms with Gasteiger partial charge in [-0.25, -0.2) is 0 Å². The van der Waals surface area contributed by atoms with Crippen molar-refractivity contribution in [3.63, 3.8) is 0 Å². The second-order valence-corrected chi connectivity index (χ2v) is 7.29. The third-order valence-corrected chi connectivity index (χ3v) is 5.22. The Kier molecular flexibility index (Phi) is 6.16. The molecule has 2 aromatic heterocycles. The van der Waals surface area contributed by atoms with Crippen molar-refractivity contribution in [2.24, 2.45) is 0 Å². The van der Waals surface area contributed by atoms with Crippen LogP contribution in [0.25, 0.3) is 11.6 Å². The van der Waals surface area contributed by atoms with Gasteiger partial charge in [0.25, 0.3) is 0 Å². The number of ether oxygens (including phenoxy) is 2. The van der Waals surface area contributed by atoms with Gasteiger partial charge in [0.15, 0.2) is 10.9 Å². The SMILES string of the molecule is COc1ccc(OCCSc2nnc(-c3ccco3)n2Cc2ccccc2)cc1. The molecule has 2 aromatic carbocycles. The van der Waals surface area contributed by atoms with Crippen molar-refractivity contribution in [2.75, 3.05) is 19.5 Å². The molecule has 0 saturated carbocycles. The molecule has 0 atom stereocenters. The number of nitrogens with zero attached hydrogens (tertiary/aromatic N) is 3. The smallest absolute Gasteiger partial charge is 0.200 e. The fourth-order valence-electron chi connectivity index (χ4n) is 2.86. The number of methoxy groups -OCH3 is 1. The van der Waals surface area contributed by atoms with Crippen molar-refractivity contribution in [2.45, 2.75) is 11.7 Å². The molecule has 148 valence electrons. The fraction of sp³-hybridized carbons (Fsp3) is 0.182. The van der Waals surface area contributed by atoms with Crippen LogP contribution < -0.4 is 9.47 Å². The highest BCUT2D eigenvalue weighted by Gasteiger charge is 2.16. The summed E-state index contributed by atoms with van der Waals surface area (Å²) in [7, 11) is 1.65. The van der Waals surface area contributed by atoms with E-state index in [4.69, 9.17) is 13.9 Å². The van der Waals surface area contributed by atoms with E-state index in [1.165, 1.54) is 5.56 Å². The van der Waals surface area contributed by atoms with E-state index in [0.717, 1.165) is 28.2 Å². The van der Waals surface area contributed by atoms with Crippen molar-refractivity contribution in [3.8, 4) is 23.1 Å². The summed E-state index contributed by atoms with van der Waals surface area (Å²) in [5.74, 6) is 3.80. The van der Waals surface area contributed by atoms with E-state index < -0.39 is 0 Å². The molecule has 0 N–H and O–H groups in total. The number of rotatable bonds is 9. The highest BCUT2D eigenvalue weighted by atomic mass is 32.2. The van der Waals surface area contributed by atoms with Gasteiger partial charge in [-0.05, 0) is 42.0 Å². The summed E-state index contributed by atoms with van der Waals surface area (Å²) in [5.41, 5.74) is 1.18. The average molecular weight is 407 g/mol. The van der Waals surface area contributed by atoms with Gasteiger partial charge in [0.2, 0.25) is 5.82 Å². The Morgan fingerprint density at radius 1 is 0.931 bits per heavy atom. The monoisotopic (exact) mass is 407 g/mol. The Morgan fingerprint density at radius 2 is 1.72 bits per heavy atom. The largest absolute Gasteiger partial charge is 0.497 e. The van der Waals surface area contributed by atoms with Crippen LogP contribution in [-0.4, -0.2) is 34.2 Å². The Morgan fingerprint density at radius 3 is 2.45 bits per heavy atom. The van der Waals surface area contributed by atoms with E-state index in [9.17, 15) is 0 Å². The molecule has 4 rings (SSSR count). The number of hydrogen-bond donors (Lipinski definition) is 0. The first kappa shape index (κ1) is 19.1. The Balaban J connectivity index is 1.43. The lowest BCUT2D eigenvalue weighted by Crippen LogP contribution is -2.06. The zero-order chi connectivity index (χ0) is 19.9. The predicted molar refractivity (Wildman–Crippen MR) is 112 cm³/mol. The van der Waals surface area contributed by atoms with Crippen molar-refractivity contribution in [3.05, 3.63) is 78.6 Å². The third kappa shape index (κ3) is 4.81. The molecule has 6 nitrogen and oxygen atoms in total. The standard InChI is InChI=1S/C22H21N3O3S/c1-26-18-9-11-19(12-10-18)27-14-15-29-22-24-23-21(20-8-5-13-28-20)25(22)16-17-6-3-2-4-7-17/h2-13H,14-16H2,1H3. The summed E-state index contributed by atoms with van der Waals surface area (Å²) in [4.78, 5) is 0. The molecular formula is C22H21N3O3S. The summed E-state index contributed by atoms with van der Waals surface area (Å²) in [6.45, 7) is 1.23. The van der Waals surface area contributed by atoms with Crippen LogP contribution in [0.2, 0.25) is 0 Å². The van der Waals surface area contributed by atoms with E-state index in [0.29, 0.717) is 18.9 Å².